The molecule has 0 spiro atoms. The second-order valence-corrected chi connectivity index (χ2v) is 13.8. The van der Waals surface area contributed by atoms with Gasteiger partial charge in [0.05, 0.1) is 14.2 Å². The molecule has 16 heteroatoms. The first kappa shape index (κ1) is 49.3. The number of carbonyl (C=O) groups is 8. The maximum absolute atomic E-state index is 13.2. The fourth-order valence-electron chi connectivity index (χ4n) is 6.34. The zero-order valence-corrected chi connectivity index (χ0v) is 35.4. The van der Waals surface area contributed by atoms with Crippen LogP contribution in [0.15, 0.2) is 36.4 Å². The van der Waals surface area contributed by atoms with Gasteiger partial charge in [0.15, 0.2) is 19.0 Å². The zero-order valence-electron chi connectivity index (χ0n) is 35.4. The average molecular weight is 825 g/mol. The Kier molecular flexibility index (Phi) is 22.0. The number of likely N-dealkylation sites (tertiary alicyclic amines) is 1. The Hall–Kier alpha value is -5.80. The first-order chi connectivity index (χ1) is 28.3. The van der Waals surface area contributed by atoms with E-state index in [1.165, 1.54) is 36.9 Å². The van der Waals surface area contributed by atoms with Gasteiger partial charge in [-0.3, -0.25) is 24.0 Å². The number of alkyl carbamates (subject to hydrolysis) is 2. The van der Waals surface area contributed by atoms with Gasteiger partial charge in [0.2, 0.25) is 17.6 Å². The summed E-state index contributed by atoms with van der Waals surface area (Å²) in [5, 5.41) is 4.57. The first-order valence-corrected chi connectivity index (χ1v) is 20.1. The number of hydrogen-bond acceptors (Lipinski definition) is 12. The van der Waals surface area contributed by atoms with Gasteiger partial charge in [-0.1, -0.05) is 83.9 Å². The van der Waals surface area contributed by atoms with Crippen LogP contribution in [0.3, 0.4) is 0 Å². The summed E-state index contributed by atoms with van der Waals surface area (Å²) >= 11 is 0. The minimum absolute atomic E-state index is 0.255. The quantitative estimate of drug-likeness (QED) is 0.129. The van der Waals surface area contributed by atoms with E-state index in [2.05, 4.69) is 47.8 Å². The first-order valence-electron chi connectivity index (χ1n) is 20.1. The van der Waals surface area contributed by atoms with E-state index in [1.54, 1.807) is 30.3 Å². The maximum atomic E-state index is 13.2. The number of ether oxygens (including phenoxy) is 4. The van der Waals surface area contributed by atoms with Gasteiger partial charge in [-0.15, -0.1) is 0 Å². The van der Waals surface area contributed by atoms with Crippen LogP contribution in [0.1, 0.15) is 105 Å². The Morgan fingerprint density at radius 2 is 1.32 bits per heavy atom. The van der Waals surface area contributed by atoms with E-state index >= 15 is 0 Å². The van der Waals surface area contributed by atoms with Gasteiger partial charge in [-0.2, -0.15) is 0 Å². The highest BCUT2D eigenvalue weighted by Gasteiger charge is 2.35. The Morgan fingerprint density at radius 3 is 1.93 bits per heavy atom. The number of nitrogens with one attached hydrogen (secondary N) is 2. The summed E-state index contributed by atoms with van der Waals surface area (Å²) in [5.74, 6) is -3.20. The third-order valence-corrected chi connectivity index (χ3v) is 8.96. The molecular formula is C43H60N4O12. The third kappa shape index (κ3) is 15.5. The lowest BCUT2D eigenvalue weighted by atomic mass is 9.91. The zero-order chi connectivity index (χ0) is 43.9. The van der Waals surface area contributed by atoms with E-state index in [1.807, 2.05) is 13.0 Å². The van der Waals surface area contributed by atoms with Crippen LogP contribution in [-0.2, 0) is 51.0 Å². The molecule has 59 heavy (non-hydrogen) atoms. The predicted octanol–water partition coefficient (Wildman–Crippen LogP) is 5.07. The molecule has 1 aliphatic heterocycles. The summed E-state index contributed by atoms with van der Waals surface area (Å²) in [6.45, 7) is 8.85. The highest BCUT2D eigenvalue weighted by atomic mass is 16.5. The molecule has 2 aromatic rings. The Balaban J connectivity index is 0.00000188. The van der Waals surface area contributed by atoms with Crippen molar-refractivity contribution < 1.29 is 57.3 Å². The molecule has 324 valence electrons. The second kappa shape index (κ2) is 26.3. The molecule has 0 saturated carbocycles. The predicted molar refractivity (Wildman–Crippen MR) is 219 cm³/mol. The van der Waals surface area contributed by atoms with Crippen molar-refractivity contribution in [2.24, 2.45) is 0 Å². The number of carbonyl (C=O) groups excluding carboxylic acids is 8. The summed E-state index contributed by atoms with van der Waals surface area (Å²) in [7, 11) is 2.34. The summed E-state index contributed by atoms with van der Waals surface area (Å²) < 4.78 is 19.5. The van der Waals surface area contributed by atoms with Gasteiger partial charge in [-0.05, 0) is 60.8 Å². The molecule has 2 N–H and O–H groups in total. The van der Waals surface area contributed by atoms with Gasteiger partial charge in [0, 0.05) is 24.2 Å². The number of esters is 2. The third-order valence-electron chi connectivity index (χ3n) is 8.96. The van der Waals surface area contributed by atoms with E-state index in [4.69, 9.17) is 9.47 Å². The lowest BCUT2D eigenvalue weighted by Gasteiger charge is -2.23. The number of fused-ring (bicyclic) bond motifs is 1. The van der Waals surface area contributed by atoms with Crippen LogP contribution in [0.2, 0.25) is 0 Å². The molecule has 1 unspecified atom stereocenters. The standard InChI is InChI=1S/C37H44N4O12.2C3H8/c1-4-16-40(32(44)18-38-36(48)50-2)20-34(46)52-22-31(43)28-15-14-25(26-7-5-8-27(26)28)23-10-12-24(13-11-23)30(42)21-53-35(47)29-9-6-17-41(29)33(45)19-39-37(49)51-3;2*1-3-2/h10-15,29H,4-9,16-22H2,1-3H3,(H,38,48)(H,39,49);2*3H2,1-2H3. The Bertz CT molecular complexity index is 1760. The molecule has 1 heterocycles. The van der Waals surface area contributed by atoms with Crippen molar-refractivity contribution in [1.29, 1.82) is 0 Å². The number of Topliss-reactive ketones (excluding diaryl/α,β-unsaturated/α-hetero) is 2. The van der Waals surface area contributed by atoms with Crippen molar-refractivity contribution in [2.45, 2.75) is 92.0 Å². The van der Waals surface area contributed by atoms with Gasteiger partial charge < -0.3 is 39.4 Å². The SMILES string of the molecule is CCC.CCC.CCCN(CC(=O)OCC(=O)c1ccc(-c2ccc(C(=O)COC(=O)C3CCCN3C(=O)CNC(=O)OC)cc2)c2c1CCC2)C(=O)CNC(=O)OC. The van der Waals surface area contributed by atoms with E-state index in [0.717, 1.165) is 35.1 Å². The molecule has 2 aromatic carbocycles. The molecule has 0 radical (unpaired) electrons. The van der Waals surface area contributed by atoms with Crippen LogP contribution < -0.4 is 10.6 Å². The van der Waals surface area contributed by atoms with Gasteiger partial charge in [0.25, 0.3) is 0 Å². The number of hydrogen-bond donors (Lipinski definition) is 2. The Morgan fingerprint density at radius 1 is 0.729 bits per heavy atom. The lowest BCUT2D eigenvalue weighted by molar-refractivity contribution is -0.152. The second-order valence-electron chi connectivity index (χ2n) is 13.8. The number of methoxy groups -OCH3 is 2. The van der Waals surface area contributed by atoms with Crippen LogP contribution in [0.5, 0.6) is 0 Å². The molecule has 1 saturated heterocycles. The molecular weight excluding hydrogens is 764 g/mol. The smallest absolute Gasteiger partial charge is 0.407 e. The molecule has 0 bridgehead atoms. The van der Waals surface area contributed by atoms with Crippen molar-refractivity contribution in [2.75, 3.05) is 60.2 Å². The highest BCUT2D eigenvalue weighted by molar-refractivity contribution is 6.01. The summed E-state index contributed by atoms with van der Waals surface area (Å²) in [6.07, 6.45) is 4.70. The molecule has 1 fully saturated rings. The van der Waals surface area contributed by atoms with E-state index in [0.29, 0.717) is 43.4 Å². The molecule has 1 atom stereocenters. The van der Waals surface area contributed by atoms with Gasteiger partial charge in [-0.25, -0.2) is 14.4 Å². The van der Waals surface area contributed by atoms with Crippen LogP contribution in [-0.4, -0.2) is 124 Å². The number of benzene rings is 2. The van der Waals surface area contributed by atoms with E-state index in [9.17, 15) is 38.4 Å². The van der Waals surface area contributed by atoms with Crippen molar-refractivity contribution in [3.8, 4) is 11.1 Å². The molecule has 2 aliphatic rings. The molecule has 16 nitrogen and oxygen atoms in total. The number of nitrogens with zero attached hydrogens (tertiary/aromatic N) is 2. The number of rotatable bonds is 16. The Labute approximate surface area is 346 Å². The monoisotopic (exact) mass is 824 g/mol. The molecule has 4 rings (SSSR count). The van der Waals surface area contributed by atoms with Crippen LogP contribution in [0.4, 0.5) is 9.59 Å². The van der Waals surface area contributed by atoms with Crippen LogP contribution >= 0.6 is 0 Å². The lowest BCUT2D eigenvalue weighted by Crippen LogP contribution is -2.46. The van der Waals surface area contributed by atoms with Crippen molar-refractivity contribution >= 4 is 47.5 Å². The van der Waals surface area contributed by atoms with Crippen LogP contribution in [0, 0.1) is 0 Å². The summed E-state index contributed by atoms with van der Waals surface area (Å²) in [6, 6.07) is 9.49. The fourth-order valence-corrected chi connectivity index (χ4v) is 6.34. The van der Waals surface area contributed by atoms with Crippen LogP contribution in [0.25, 0.3) is 11.1 Å². The number of ketones is 2. The molecule has 1 aliphatic carbocycles. The minimum Gasteiger partial charge on any atom is -0.456 e. The fraction of sp³-hybridized carbons (Fsp3) is 0.535. The van der Waals surface area contributed by atoms with Gasteiger partial charge in [0.1, 0.15) is 25.7 Å². The van der Waals surface area contributed by atoms with E-state index < -0.39 is 61.0 Å². The van der Waals surface area contributed by atoms with Crippen molar-refractivity contribution in [1.82, 2.24) is 20.4 Å². The molecule has 4 amide bonds. The molecule has 0 aromatic heterocycles. The summed E-state index contributed by atoms with van der Waals surface area (Å²) in [5.41, 5.74) is 4.36. The van der Waals surface area contributed by atoms with Crippen molar-refractivity contribution in [3.63, 3.8) is 0 Å². The highest BCUT2D eigenvalue weighted by Crippen LogP contribution is 2.35. The topological polar surface area (TPSA) is 204 Å². The largest absolute Gasteiger partial charge is 0.456 e. The van der Waals surface area contributed by atoms with E-state index in [-0.39, 0.29) is 32.0 Å². The summed E-state index contributed by atoms with van der Waals surface area (Å²) in [4.78, 5) is 102. The number of amides is 4. The van der Waals surface area contributed by atoms with Crippen molar-refractivity contribution in [3.05, 3.63) is 58.7 Å². The average Bonchev–Trinajstić information content (AvgIpc) is 3.94. The minimum atomic E-state index is -0.851. The van der Waals surface area contributed by atoms with Gasteiger partial charge >= 0.3 is 24.1 Å². The maximum Gasteiger partial charge on any atom is 0.407 e. The normalized spacial score (nSPS) is 13.5.